The van der Waals surface area contributed by atoms with Crippen LogP contribution >= 0.6 is 0 Å². The number of para-hydroxylation sites is 2. The van der Waals surface area contributed by atoms with Gasteiger partial charge in [-0.05, 0) is 50.0 Å². The van der Waals surface area contributed by atoms with Crippen LogP contribution < -0.4 is 9.47 Å². The monoisotopic (exact) mass is 515 g/mol. The lowest BCUT2D eigenvalue weighted by Gasteiger charge is -2.30. The van der Waals surface area contributed by atoms with Crippen molar-refractivity contribution in [2.24, 2.45) is 11.0 Å². The van der Waals surface area contributed by atoms with E-state index in [1.165, 1.54) is 15.9 Å². The lowest BCUT2D eigenvalue weighted by Crippen LogP contribution is -2.32. The lowest BCUT2D eigenvalue weighted by atomic mass is 9.77. The summed E-state index contributed by atoms with van der Waals surface area (Å²) >= 11 is 0. The number of fused-ring (bicyclic) bond motifs is 1. The molecule has 1 aliphatic carbocycles. The highest BCUT2D eigenvalue weighted by molar-refractivity contribution is 6.09. The van der Waals surface area contributed by atoms with Gasteiger partial charge in [-0.15, -0.1) is 0 Å². The molecule has 196 valence electrons. The Hall–Kier alpha value is -4.47. The maximum absolute atomic E-state index is 14.0. The molecular formula is C28H29N5O5. The molecule has 0 N–H and O–H groups in total. The molecule has 5 rings (SSSR count). The van der Waals surface area contributed by atoms with Crippen LogP contribution in [0, 0.1) is 16.0 Å². The highest BCUT2D eigenvalue weighted by Gasteiger charge is 2.46. The Morgan fingerprint density at radius 1 is 1.13 bits per heavy atom. The number of rotatable bonds is 7. The van der Waals surface area contributed by atoms with Crippen LogP contribution in [-0.4, -0.2) is 45.6 Å². The number of allylic oxidation sites excluding steroid dienone is 1. The first-order chi connectivity index (χ1) is 18.5. The van der Waals surface area contributed by atoms with E-state index in [4.69, 9.17) is 14.6 Å². The number of carbonyl (C=O) groups is 1. The Labute approximate surface area is 220 Å². The molecule has 1 aliphatic heterocycles. The van der Waals surface area contributed by atoms with Gasteiger partial charge >= 0.3 is 11.6 Å². The summed E-state index contributed by atoms with van der Waals surface area (Å²) in [5.41, 5.74) is 2.96. The van der Waals surface area contributed by atoms with Crippen LogP contribution in [0.3, 0.4) is 0 Å². The molecule has 0 spiro atoms. The average Bonchev–Trinajstić information content (AvgIpc) is 3.56. The third-order valence-corrected chi connectivity index (χ3v) is 7.10. The van der Waals surface area contributed by atoms with E-state index in [1.54, 1.807) is 14.2 Å². The number of aryl methyl sites for hydroxylation is 1. The quantitative estimate of drug-likeness (QED) is 0.313. The first kappa shape index (κ1) is 25.2. The number of hydrogen-bond acceptors (Lipinski definition) is 7. The molecule has 38 heavy (non-hydrogen) atoms. The van der Waals surface area contributed by atoms with Gasteiger partial charge in [-0.1, -0.05) is 36.4 Å². The third kappa shape index (κ3) is 4.42. The zero-order chi connectivity index (χ0) is 26.8. The number of nitrogens with zero attached hydrogens (tertiary/aromatic N) is 5. The molecule has 0 bridgehead atoms. The topological polar surface area (TPSA) is 112 Å². The molecule has 2 aliphatic rings. The number of nitro groups is 1. The van der Waals surface area contributed by atoms with Crippen molar-refractivity contribution in [3.8, 4) is 11.5 Å². The Kier molecular flexibility index (Phi) is 6.95. The Morgan fingerprint density at radius 3 is 2.55 bits per heavy atom. The molecule has 0 saturated heterocycles. The first-order valence-electron chi connectivity index (χ1n) is 12.6. The van der Waals surface area contributed by atoms with Gasteiger partial charge in [0, 0.05) is 23.6 Å². The van der Waals surface area contributed by atoms with Crippen molar-refractivity contribution < 1.29 is 19.2 Å². The zero-order valence-corrected chi connectivity index (χ0v) is 21.5. The number of hydrazone groups is 1. The maximum Gasteiger partial charge on any atom is 0.320 e. The van der Waals surface area contributed by atoms with E-state index in [0.717, 1.165) is 47.4 Å². The van der Waals surface area contributed by atoms with Crippen LogP contribution in [0.5, 0.6) is 11.5 Å². The second-order valence-corrected chi connectivity index (χ2v) is 9.21. The van der Waals surface area contributed by atoms with Crippen molar-refractivity contribution >= 4 is 23.4 Å². The highest BCUT2D eigenvalue weighted by Crippen LogP contribution is 2.47. The van der Waals surface area contributed by atoms with Gasteiger partial charge in [-0.2, -0.15) is 10.2 Å². The Morgan fingerprint density at radius 2 is 1.84 bits per heavy atom. The summed E-state index contributed by atoms with van der Waals surface area (Å²) in [7, 11) is 3.22. The van der Waals surface area contributed by atoms with Gasteiger partial charge in [0.2, 0.25) is 5.69 Å². The molecule has 1 fully saturated rings. The summed E-state index contributed by atoms with van der Waals surface area (Å²) in [4.78, 5) is 25.2. The molecule has 2 atom stereocenters. The van der Waals surface area contributed by atoms with Crippen molar-refractivity contribution in [2.75, 3.05) is 14.2 Å². The summed E-state index contributed by atoms with van der Waals surface area (Å²) < 4.78 is 12.6. The second kappa shape index (κ2) is 10.5. The standard InChI is InChI=1S/C28H29N5O5/c1-4-31-17-22(33(35)36)26(29-31)28(34)32-27(20-12-6-8-15-24(20)38-3)21-13-9-11-19(25(21)30-32)16-18-10-5-7-14-23(18)37-2/h5-8,10,12,14-17,21,27H,4,9,11,13H2,1-3H3/b19-16+/t21-,27+/m0/s1. The number of carbonyl (C=O) groups excluding carboxylic acids is 1. The molecule has 2 heterocycles. The van der Waals surface area contributed by atoms with E-state index < -0.39 is 16.9 Å². The number of benzene rings is 2. The molecule has 10 heteroatoms. The van der Waals surface area contributed by atoms with E-state index in [2.05, 4.69) is 11.2 Å². The third-order valence-electron chi connectivity index (χ3n) is 7.10. The zero-order valence-electron chi connectivity index (χ0n) is 21.5. The van der Waals surface area contributed by atoms with Crippen molar-refractivity contribution in [3.63, 3.8) is 0 Å². The van der Waals surface area contributed by atoms with Crippen LogP contribution in [0.1, 0.15) is 53.8 Å². The minimum absolute atomic E-state index is 0.114. The first-order valence-corrected chi connectivity index (χ1v) is 12.6. The summed E-state index contributed by atoms with van der Waals surface area (Å²) in [5, 5.41) is 22.3. The van der Waals surface area contributed by atoms with Crippen LogP contribution in [0.2, 0.25) is 0 Å². The molecular weight excluding hydrogens is 486 g/mol. The Bertz CT molecular complexity index is 1440. The number of aromatic nitrogens is 2. The SMILES string of the molecule is CCn1cc([N+](=O)[O-])c(C(=O)N2N=C3/C(=C/c4ccccc4OC)CCC[C@@H]3[C@H]2c2ccccc2OC)n1. The number of amides is 1. The van der Waals surface area contributed by atoms with Crippen LogP contribution in [0.25, 0.3) is 6.08 Å². The van der Waals surface area contributed by atoms with E-state index in [0.29, 0.717) is 12.3 Å². The summed E-state index contributed by atoms with van der Waals surface area (Å²) in [6, 6.07) is 14.8. The van der Waals surface area contributed by atoms with Gasteiger partial charge < -0.3 is 9.47 Å². The molecule has 1 saturated carbocycles. The maximum atomic E-state index is 14.0. The van der Waals surface area contributed by atoms with Crippen molar-refractivity contribution in [2.45, 2.75) is 38.8 Å². The van der Waals surface area contributed by atoms with E-state index >= 15 is 0 Å². The van der Waals surface area contributed by atoms with Crippen molar-refractivity contribution in [3.05, 3.63) is 87.2 Å². The van der Waals surface area contributed by atoms with Gasteiger partial charge in [0.1, 0.15) is 17.7 Å². The van der Waals surface area contributed by atoms with Gasteiger partial charge in [-0.3, -0.25) is 19.6 Å². The lowest BCUT2D eigenvalue weighted by molar-refractivity contribution is -0.385. The minimum atomic E-state index is -0.613. The average molecular weight is 516 g/mol. The largest absolute Gasteiger partial charge is 0.496 e. The molecule has 10 nitrogen and oxygen atoms in total. The second-order valence-electron chi connectivity index (χ2n) is 9.21. The predicted octanol–water partition coefficient (Wildman–Crippen LogP) is 5.27. The summed E-state index contributed by atoms with van der Waals surface area (Å²) in [6.45, 7) is 2.20. The molecule has 3 aromatic rings. The predicted molar refractivity (Wildman–Crippen MR) is 142 cm³/mol. The van der Waals surface area contributed by atoms with Gasteiger partial charge in [0.15, 0.2) is 0 Å². The van der Waals surface area contributed by atoms with Crippen molar-refractivity contribution in [1.82, 2.24) is 14.8 Å². The molecule has 1 aromatic heterocycles. The minimum Gasteiger partial charge on any atom is -0.496 e. The van der Waals surface area contributed by atoms with Crippen LogP contribution in [0.4, 0.5) is 5.69 Å². The van der Waals surface area contributed by atoms with E-state index in [-0.39, 0.29) is 17.3 Å². The van der Waals surface area contributed by atoms with E-state index in [1.807, 2.05) is 55.5 Å². The van der Waals surface area contributed by atoms with Gasteiger partial charge in [0.25, 0.3) is 0 Å². The molecule has 0 unspecified atom stereocenters. The fraction of sp³-hybridized carbons (Fsp3) is 0.321. The van der Waals surface area contributed by atoms with E-state index in [9.17, 15) is 14.9 Å². The van der Waals surface area contributed by atoms with Crippen molar-refractivity contribution in [1.29, 1.82) is 0 Å². The fourth-order valence-electron chi connectivity index (χ4n) is 5.33. The fourth-order valence-corrected chi connectivity index (χ4v) is 5.33. The highest BCUT2D eigenvalue weighted by atomic mass is 16.6. The Balaban J connectivity index is 1.65. The van der Waals surface area contributed by atoms with Crippen LogP contribution in [0.15, 0.2) is 65.4 Å². The smallest absolute Gasteiger partial charge is 0.320 e. The number of ether oxygens (including phenoxy) is 2. The number of methoxy groups -OCH3 is 2. The summed E-state index contributed by atoms with van der Waals surface area (Å²) in [5.74, 6) is 0.646. The molecule has 2 aromatic carbocycles. The van der Waals surface area contributed by atoms with Crippen LogP contribution in [-0.2, 0) is 6.54 Å². The molecule has 0 radical (unpaired) electrons. The van der Waals surface area contributed by atoms with Gasteiger partial charge in [-0.25, -0.2) is 5.01 Å². The normalized spacial score (nSPS) is 19.7. The van der Waals surface area contributed by atoms with Gasteiger partial charge in [0.05, 0.1) is 30.9 Å². The number of hydrogen-bond donors (Lipinski definition) is 0. The molecule has 1 amide bonds. The summed E-state index contributed by atoms with van der Waals surface area (Å²) in [6.07, 6.45) is 5.85.